The molecule has 0 radical (unpaired) electrons. The monoisotopic (exact) mass is 416 g/mol. The molecule has 0 spiro atoms. The normalized spacial score (nSPS) is 15.6. The molecule has 0 aliphatic carbocycles. The molecule has 1 atom stereocenters. The standard InChI is InChI=1S/C21H25BrN2O2/c1-26-19-6-4-5-17(14-19)20(24-11-2-3-12-24)15-23-21(25)13-16-7-9-18(22)10-8-16/h4-10,14,20H,2-3,11-13,15H2,1H3,(H,23,25)/t20-/m0/s1. The molecule has 0 unspecified atom stereocenters. The summed E-state index contributed by atoms with van der Waals surface area (Å²) in [5.74, 6) is 0.910. The van der Waals surface area contributed by atoms with E-state index in [4.69, 9.17) is 4.74 Å². The number of halogens is 1. The molecule has 1 aliphatic heterocycles. The van der Waals surface area contributed by atoms with Gasteiger partial charge in [-0.2, -0.15) is 0 Å². The zero-order valence-electron chi connectivity index (χ0n) is 15.1. The Morgan fingerprint density at radius 1 is 1.19 bits per heavy atom. The van der Waals surface area contributed by atoms with E-state index in [-0.39, 0.29) is 11.9 Å². The van der Waals surface area contributed by atoms with Crippen LogP contribution in [0.4, 0.5) is 0 Å². The number of hydrogen-bond acceptors (Lipinski definition) is 3. The van der Waals surface area contributed by atoms with Crippen LogP contribution in [0.3, 0.4) is 0 Å². The highest BCUT2D eigenvalue weighted by Crippen LogP contribution is 2.27. The molecule has 0 bridgehead atoms. The van der Waals surface area contributed by atoms with Crippen LogP contribution in [-0.4, -0.2) is 37.6 Å². The van der Waals surface area contributed by atoms with E-state index < -0.39 is 0 Å². The van der Waals surface area contributed by atoms with E-state index in [1.54, 1.807) is 7.11 Å². The minimum absolute atomic E-state index is 0.0550. The predicted octanol–water partition coefficient (Wildman–Crippen LogP) is 3.95. The van der Waals surface area contributed by atoms with Crippen molar-refractivity contribution in [3.8, 4) is 5.75 Å². The van der Waals surface area contributed by atoms with E-state index in [1.165, 1.54) is 18.4 Å². The van der Waals surface area contributed by atoms with Gasteiger partial charge in [0.05, 0.1) is 19.6 Å². The third-order valence-corrected chi connectivity index (χ3v) is 5.36. The fraction of sp³-hybridized carbons (Fsp3) is 0.381. The summed E-state index contributed by atoms with van der Waals surface area (Å²) in [7, 11) is 1.68. The number of benzene rings is 2. The lowest BCUT2D eigenvalue weighted by Crippen LogP contribution is -2.37. The van der Waals surface area contributed by atoms with E-state index in [2.05, 4.69) is 38.3 Å². The molecule has 1 N–H and O–H groups in total. The summed E-state index contributed by atoms with van der Waals surface area (Å²) in [5, 5.41) is 3.13. The van der Waals surface area contributed by atoms with E-state index in [1.807, 2.05) is 36.4 Å². The molecule has 0 aromatic heterocycles. The SMILES string of the molecule is COc1cccc([C@H](CNC(=O)Cc2ccc(Br)cc2)N2CCCC2)c1. The number of rotatable bonds is 7. The first-order valence-corrected chi connectivity index (χ1v) is 9.84. The molecule has 4 nitrogen and oxygen atoms in total. The van der Waals surface area contributed by atoms with Crippen LogP contribution < -0.4 is 10.1 Å². The summed E-state index contributed by atoms with van der Waals surface area (Å²) in [6.07, 6.45) is 2.83. The lowest BCUT2D eigenvalue weighted by molar-refractivity contribution is -0.120. The Morgan fingerprint density at radius 2 is 1.92 bits per heavy atom. The minimum atomic E-state index is 0.0550. The maximum Gasteiger partial charge on any atom is 0.224 e. The third kappa shape index (κ3) is 5.08. The molecule has 1 aliphatic rings. The Kier molecular flexibility index (Phi) is 6.69. The Hall–Kier alpha value is -1.85. The summed E-state index contributed by atoms with van der Waals surface area (Å²) in [4.78, 5) is 14.9. The molecular weight excluding hydrogens is 392 g/mol. The molecule has 26 heavy (non-hydrogen) atoms. The molecule has 1 saturated heterocycles. The topological polar surface area (TPSA) is 41.6 Å². The summed E-state index contributed by atoms with van der Waals surface area (Å²) < 4.78 is 6.39. The van der Waals surface area contributed by atoms with Gasteiger partial charge in [0.1, 0.15) is 5.75 Å². The molecule has 5 heteroatoms. The van der Waals surface area contributed by atoms with Crippen LogP contribution in [0, 0.1) is 0 Å². The van der Waals surface area contributed by atoms with Crippen LogP contribution in [0.5, 0.6) is 5.75 Å². The number of carbonyl (C=O) groups excluding carboxylic acids is 1. The molecule has 2 aromatic carbocycles. The van der Waals surface area contributed by atoms with Crippen molar-refractivity contribution in [2.75, 3.05) is 26.7 Å². The van der Waals surface area contributed by atoms with Gasteiger partial charge in [-0.05, 0) is 61.3 Å². The van der Waals surface area contributed by atoms with Gasteiger partial charge in [0, 0.05) is 11.0 Å². The first-order chi connectivity index (χ1) is 12.7. The van der Waals surface area contributed by atoms with Crippen molar-refractivity contribution < 1.29 is 9.53 Å². The van der Waals surface area contributed by atoms with Gasteiger partial charge in [0.2, 0.25) is 5.91 Å². The van der Waals surface area contributed by atoms with Crippen molar-refractivity contribution in [2.24, 2.45) is 0 Å². The summed E-state index contributed by atoms with van der Waals surface area (Å²) in [6.45, 7) is 2.76. The van der Waals surface area contributed by atoms with Crippen LogP contribution in [-0.2, 0) is 11.2 Å². The quantitative estimate of drug-likeness (QED) is 0.742. The van der Waals surface area contributed by atoms with Crippen molar-refractivity contribution in [1.82, 2.24) is 10.2 Å². The van der Waals surface area contributed by atoms with Crippen molar-refractivity contribution in [3.63, 3.8) is 0 Å². The highest BCUT2D eigenvalue weighted by molar-refractivity contribution is 9.10. The average molecular weight is 417 g/mol. The summed E-state index contributed by atoms with van der Waals surface area (Å²) in [6, 6.07) is 16.2. The molecule has 0 saturated carbocycles. The third-order valence-electron chi connectivity index (χ3n) is 4.83. The van der Waals surface area contributed by atoms with Gasteiger partial charge in [0.15, 0.2) is 0 Å². The second-order valence-corrected chi connectivity index (χ2v) is 7.56. The van der Waals surface area contributed by atoms with E-state index >= 15 is 0 Å². The smallest absolute Gasteiger partial charge is 0.224 e. The lowest BCUT2D eigenvalue weighted by Gasteiger charge is -2.28. The van der Waals surface area contributed by atoms with Gasteiger partial charge in [-0.25, -0.2) is 0 Å². The van der Waals surface area contributed by atoms with Crippen LogP contribution in [0.15, 0.2) is 53.0 Å². The second-order valence-electron chi connectivity index (χ2n) is 6.64. The number of ether oxygens (including phenoxy) is 1. The zero-order chi connectivity index (χ0) is 18.4. The maximum absolute atomic E-state index is 12.4. The Labute approximate surface area is 163 Å². The molecule has 1 amide bonds. The Balaban J connectivity index is 1.65. The first kappa shape index (κ1) is 18.9. The summed E-state index contributed by atoms with van der Waals surface area (Å²) >= 11 is 3.42. The number of likely N-dealkylation sites (tertiary alicyclic amines) is 1. The number of carbonyl (C=O) groups is 1. The number of amides is 1. The van der Waals surface area contributed by atoms with Crippen molar-refractivity contribution in [1.29, 1.82) is 0 Å². The zero-order valence-corrected chi connectivity index (χ0v) is 16.7. The molecule has 138 valence electrons. The maximum atomic E-state index is 12.4. The largest absolute Gasteiger partial charge is 0.497 e. The van der Waals surface area contributed by atoms with Crippen LogP contribution in [0.1, 0.15) is 30.0 Å². The second kappa shape index (κ2) is 9.19. The molecule has 2 aromatic rings. The lowest BCUT2D eigenvalue weighted by atomic mass is 10.0. The van der Waals surface area contributed by atoms with Gasteiger partial charge < -0.3 is 10.1 Å². The van der Waals surface area contributed by atoms with Crippen molar-refractivity contribution >= 4 is 21.8 Å². The van der Waals surface area contributed by atoms with E-state index in [0.717, 1.165) is 28.9 Å². The van der Waals surface area contributed by atoms with Gasteiger partial charge in [-0.3, -0.25) is 9.69 Å². The minimum Gasteiger partial charge on any atom is -0.497 e. The number of hydrogen-bond donors (Lipinski definition) is 1. The molecule has 3 rings (SSSR count). The molecular formula is C21H25BrN2O2. The predicted molar refractivity (Wildman–Crippen MR) is 107 cm³/mol. The average Bonchev–Trinajstić information content (AvgIpc) is 3.18. The number of methoxy groups -OCH3 is 1. The molecule has 1 heterocycles. The van der Waals surface area contributed by atoms with E-state index in [0.29, 0.717) is 13.0 Å². The summed E-state index contributed by atoms with van der Waals surface area (Å²) in [5.41, 5.74) is 2.21. The van der Waals surface area contributed by atoms with Crippen molar-refractivity contribution in [2.45, 2.75) is 25.3 Å². The van der Waals surface area contributed by atoms with Crippen LogP contribution in [0.2, 0.25) is 0 Å². The highest BCUT2D eigenvalue weighted by atomic mass is 79.9. The number of nitrogens with zero attached hydrogens (tertiary/aromatic N) is 1. The molecule has 1 fully saturated rings. The first-order valence-electron chi connectivity index (χ1n) is 9.05. The number of nitrogens with one attached hydrogen (secondary N) is 1. The fourth-order valence-electron chi connectivity index (χ4n) is 3.42. The van der Waals surface area contributed by atoms with Gasteiger partial charge in [0.25, 0.3) is 0 Å². The van der Waals surface area contributed by atoms with Gasteiger partial charge in [-0.1, -0.05) is 40.2 Å². The highest BCUT2D eigenvalue weighted by Gasteiger charge is 2.24. The van der Waals surface area contributed by atoms with Crippen LogP contribution >= 0.6 is 15.9 Å². The fourth-order valence-corrected chi connectivity index (χ4v) is 3.68. The van der Waals surface area contributed by atoms with Crippen LogP contribution in [0.25, 0.3) is 0 Å². The van der Waals surface area contributed by atoms with Gasteiger partial charge in [-0.15, -0.1) is 0 Å². The Morgan fingerprint density at radius 3 is 2.62 bits per heavy atom. The van der Waals surface area contributed by atoms with E-state index in [9.17, 15) is 4.79 Å². The van der Waals surface area contributed by atoms with Gasteiger partial charge >= 0.3 is 0 Å². The van der Waals surface area contributed by atoms with Crippen molar-refractivity contribution in [3.05, 3.63) is 64.1 Å². The Bertz CT molecular complexity index is 727.